The summed E-state index contributed by atoms with van der Waals surface area (Å²) in [5.74, 6) is -13.4. The van der Waals surface area contributed by atoms with Gasteiger partial charge in [-0.05, 0) is 81.1 Å². The number of fused-ring (bicyclic) bond motifs is 4. The molecule has 6 rings (SSSR count). The molecular formula is C33H34F3N3O7. The summed E-state index contributed by atoms with van der Waals surface area (Å²) in [6.45, 7) is -0.182. The zero-order valence-corrected chi connectivity index (χ0v) is 25.4. The molecule has 10 nitrogen and oxygen atoms in total. The molecule has 0 bridgehead atoms. The Bertz CT molecular complexity index is 1680. The molecule has 1 amide bonds. The molecule has 4 aliphatic rings. The Labute approximate surface area is 262 Å². The third-order valence-corrected chi connectivity index (χ3v) is 10.5. The maximum absolute atomic E-state index is 14.9. The molecule has 0 aromatic heterocycles. The molecule has 4 aliphatic carbocycles. The Kier molecular flexibility index (Phi) is 7.53. The van der Waals surface area contributed by atoms with Gasteiger partial charge in [-0.2, -0.15) is 13.2 Å². The van der Waals surface area contributed by atoms with Gasteiger partial charge in [0, 0.05) is 18.5 Å². The molecule has 13 heteroatoms. The largest absolute Gasteiger partial charge is 0.507 e. The average Bonchev–Trinajstić information content (AvgIpc) is 3.38. The number of carbonyl (C=O) groups is 5. The van der Waals surface area contributed by atoms with Gasteiger partial charge in [0.05, 0.1) is 23.1 Å². The van der Waals surface area contributed by atoms with Crippen LogP contribution in [0.25, 0.3) is 0 Å². The molecule has 0 aliphatic heterocycles. The third kappa shape index (κ3) is 4.62. The summed E-state index contributed by atoms with van der Waals surface area (Å²) < 4.78 is 44.7. The summed E-state index contributed by atoms with van der Waals surface area (Å²) in [5, 5.41) is 22.7. The zero-order valence-electron chi connectivity index (χ0n) is 25.4. The van der Waals surface area contributed by atoms with Crippen LogP contribution in [-0.2, 0) is 51.2 Å². The lowest BCUT2D eigenvalue weighted by atomic mass is 9.52. The van der Waals surface area contributed by atoms with Crippen molar-refractivity contribution in [2.75, 3.05) is 21.1 Å². The zero-order chi connectivity index (χ0) is 33.6. The number of nitrogens with zero attached hydrogens (tertiary/aromatic N) is 2. The maximum atomic E-state index is 14.9. The van der Waals surface area contributed by atoms with Crippen molar-refractivity contribution < 1.29 is 47.4 Å². The van der Waals surface area contributed by atoms with Crippen molar-refractivity contribution in [2.24, 2.45) is 29.4 Å². The number of phenolic OH excluding ortho intramolecular Hbond substituents is 1. The fourth-order valence-electron chi connectivity index (χ4n) is 8.47. The normalized spacial score (nSPS) is 29.5. The number of halogens is 3. The van der Waals surface area contributed by atoms with Crippen LogP contribution in [0.1, 0.15) is 44.6 Å². The highest BCUT2D eigenvalue weighted by Crippen LogP contribution is 2.53. The number of aromatic hydroxyl groups is 1. The van der Waals surface area contributed by atoms with E-state index in [1.165, 1.54) is 19.0 Å². The van der Waals surface area contributed by atoms with Crippen LogP contribution in [0.2, 0.25) is 0 Å². The first-order chi connectivity index (χ1) is 21.5. The number of carbonyl (C=O) groups excluding carboxylic acids is 5. The van der Waals surface area contributed by atoms with Crippen molar-refractivity contribution in [2.45, 2.75) is 56.1 Å². The van der Waals surface area contributed by atoms with E-state index in [0.717, 1.165) is 17.2 Å². The first-order valence-corrected chi connectivity index (χ1v) is 15.0. The minimum atomic E-state index is -4.93. The standard InChI is InChI=1S/C33H34F3N3O7/c1-38(2)26-20-11-16-10-19-23(27(41)22(16)29(43)32(20,46)30(44)24(28(26)42)31(37)45)21(40)12-17(25(19)33(34,35)36)13-39(3)18-8-14-6-4-5-7-15(14)9-18/h4-7,12,16,18,20,22,24,26,40,46H,8-11,13H2,1-3H3,(H2,37,45)/t16-,20-,22?,24?,26-,32-/m0/s1. The predicted octanol–water partition coefficient (Wildman–Crippen LogP) is 1.49. The molecule has 2 aromatic rings. The van der Waals surface area contributed by atoms with Crippen LogP contribution < -0.4 is 5.73 Å². The average molecular weight is 642 g/mol. The number of alkyl halides is 3. The summed E-state index contributed by atoms with van der Waals surface area (Å²) in [7, 11) is 4.56. The monoisotopic (exact) mass is 641 g/mol. The third-order valence-electron chi connectivity index (χ3n) is 10.5. The number of rotatable bonds is 5. The molecule has 2 aromatic carbocycles. The smallest absolute Gasteiger partial charge is 0.417 e. The number of Topliss-reactive ketones (excluding diaryl/α,β-unsaturated/α-hetero) is 4. The van der Waals surface area contributed by atoms with Crippen molar-refractivity contribution in [3.05, 3.63) is 63.7 Å². The number of likely N-dealkylation sites (N-methyl/N-ethyl adjacent to an activating group) is 2. The van der Waals surface area contributed by atoms with E-state index in [2.05, 4.69) is 0 Å². The first-order valence-electron chi connectivity index (χ1n) is 15.0. The van der Waals surface area contributed by atoms with Crippen molar-refractivity contribution >= 4 is 29.0 Å². The molecule has 0 radical (unpaired) electrons. The quantitative estimate of drug-likeness (QED) is 0.412. The lowest BCUT2D eigenvalue weighted by Crippen LogP contribution is -2.74. The Balaban J connectivity index is 1.41. The second-order valence-corrected chi connectivity index (χ2v) is 13.3. The summed E-state index contributed by atoms with van der Waals surface area (Å²) in [6, 6.07) is 7.22. The lowest BCUT2D eigenvalue weighted by molar-refractivity contribution is -0.181. The molecule has 2 unspecified atom stereocenters. The highest BCUT2D eigenvalue weighted by molar-refractivity contribution is 6.32. The fraction of sp³-hybridized carbons (Fsp3) is 0.485. The Hall–Kier alpha value is -3.94. The molecule has 0 spiro atoms. The topological polar surface area (TPSA) is 158 Å². The number of phenols is 1. The van der Waals surface area contributed by atoms with Crippen LogP contribution in [-0.4, -0.2) is 87.9 Å². The van der Waals surface area contributed by atoms with E-state index in [1.807, 2.05) is 24.3 Å². The fourth-order valence-corrected chi connectivity index (χ4v) is 8.47. The van der Waals surface area contributed by atoms with Crippen LogP contribution >= 0.6 is 0 Å². The number of aliphatic hydroxyl groups is 1. The molecule has 0 heterocycles. The van der Waals surface area contributed by atoms with Crippen molar-refractivity contribution in [3.8, 4) is 5.75 Å². The molecule has 4 N–H and O–H groups in total. The van der Waals surface area contributed by atoms with Gasteiger partial charge >= 0.3 is 6.18 Å². The van der Waals surface area contributed by atoms with E-state index in [-0.39, 0.29) is 24.6 Å². The van der Waals surface area contributed by atoms with Gasteiger partial charge in [-0.15, -0.1) is 0 Å². The van der Waals surface area contributed by atoms with Gasteiger partial charge in [-0.1, -0.05) is 24.3 Å². The Morgan fingerprint density at radius 3 is 2.17 bits per heavy atom. The molecule has 244 valence electrons. The second kappa shape index (κ2) is 10.8. The Morgan fingerprint density at radius 2 is 1.63 bits per heavy atom. The molecule has 6 atom stereocenters. The van der Waals surface area contributed by atoms with Crippen molar-refractivity contribution in [1.82, 2.24) is 9.80 Å². The van der Waals surface area contributed by atoms with Crippen LogP contribution in [0.3, 0.4) is 0 Å². The van der Waals surface area contributed by atoms with Gasteiger partial charge in [-0.25, -0.2) is 0 Å². The van der Waals surface area contributed by atoms with Gasteiger partial charge in [0.2, 0.25) is 5.91 Å². The summed E-state index contributed by atoms with van der Waals surface area (Å²) in [5.41, 5.74) is 2.14. The van der Waals surface area contributed by atoms with Crippen LogP contribution in [0, 0.1) is 23.7 Å². The number of hydrogen-bond donors (Lipinski definition) is 3. The molecule has 2 saturated carbocycles. The van der Waals surface area contributed by atoms with E-state index in [1.54, 1.807) is 11.9 Å². The summed E-state index contributed by atoms with van der Waals surface area (Å²) in [6.07, 6.45) is -4.47. The highest BCUT2D eigenvalue weighted by atomic mass is 19.4. The number of hydrogen-bond acceptors (Lipinski definition) is 9. The summed E-state index contributed by atoms with van der Waals surface area (Å²) in [4.78, 5) is 69.7. The van der Waals surface area contributed by atoms with Crippen molar-refractivity contribution in [1.29, 1.82) is 0 Å². The van der Waals surface area contributed by atoms with Gasteiger partial charge in [0.1, 0.15) is 5.75 Å². The predicted molar refractivity (Wildman–Crippen MR) is 155 cm³/mol. The Morgan fingerprint density at radius 1 is 1.02 bits per heavy atom. The van der Waals surface area contributed by atoms with Crippen molar-refractivity contribution in [3.63, 3.8) is 0 Å². The van der Waals surface area contributed by atoms with Crippen LogP contribution in [0.15, 0.2) is 30.3 Å². The van der Waals surface area contributed by atoms with E-state index < -0.39 is 99.4 Å². The van der Waals surface area contributed by atoms with Crippen LogP contribution in [0.5, 0.6) is 5.75 Å². The SMILES string of the molecule is CN(Cc1cc(O)c2c(c1C(F)(F)F)C[C@H]1C[C@H]3[C@H](N(C)C)C(=O)C(C(N)=O)C(=O)[C@@]3(O)C(=O)C1C2=O)C1Cc2ccccc2C1. The second-order valence-electron chi connectivity index (χ2n) is 13.3. The number of amides is 1. The molecule has 46 heavy (non-hydrogen) atoms. The number of primary amides is 1. The van der Waals surface area contributed by atoms with Gasteiger partial charge < -0.3 is 15.9 Å². The van der Waals surface area contributed by atoms with Gasteiger partial charge in [0.15, 0.2) is 34.7 Å². The molecular weight excluding hydrogens is 607 g/mol. The van der Waals surface area contributed by atoms with E-state index >= 15 is 0 Å². The lowest BCUT2D eigenvalue weighted by Gasteiger charge is -2.52. The maximum Gasteiger partial charge on any atom is 0.417 e. The first kappa shape index (κ1) is 32.0. The summed E-state index contributed by atoms with van der Waals surface area (Å²) >= 11 is 0. The molecule has 2 fully saturated rings. The number of nitrogens with two attached hydrogens (primary N) is 1. The number of benzene rings is 2. The van der Waals surface area contributed by atoms with Gasteiger partial charge in [-0.3, -0.25) is 33.8 Å². The minimum Gasteiger partial charge on any atom is -0.507 e. The highest BCUT2D eigenvalue weighted by Gasteiger charge is 2.69. The van der Waals surface area contributed by atoms with E-state index in [0.29, 0.717) is 12.8 Å². The van der Waals surface area contributed by atoms with E-state index in [9.17, 15) is 47.4 Å². The van der Waals surface area contributed by atoms with Crippen LogP contribution in [0.4, 0.5) is 13.2 Å². The number of ketones is 4. The molecule has 0 saturated heterocycles. The minimum absolute atomic E-state index is 0.0927. The van der Waals surface area contributed by atoms with E-state index in [4.69, 9.17) is 5.73 Å². The van der Waals surface area contributed by atoms with Gasteiger partial charge in [0.25, 0.3) is 0 Å².